The van der Waals surface area contributed by atoms with Gasteiger partial charge in [-0.1, -0.05) is 29.8 Å². The van der Waals surface area contributed by atoms with Gasteiger partial charge in [0.1, 0.15) is 0 Å². The molecule has 2 aliphatic rings. The molecule has 3 rings (SSSR count). The number of thioether (sulfide) groups is 1. The van der Waals surface area contributed by atoms with Crippen LogP contribution in [0.1, 0.15) is 11.1 Å². The Morgan fingerprint density at radius 1 is 1.29 bits per heavy atom. The number of nitrogens with one attached hydrogen (secondary N) is 1. The highest BCUT2D eigenvalue weighted by Crippen LogP contribution is 2.17. The maximum absolute atomic E-state index is 12.6. The lowest BCUT2D eigenvalue weighted by molar-refractivity contribution is -0.133. The molecule has 0 spiro atoms. The Kier molecular flexibility index (Phi) is 5.49. The minimum atomic E-state index is -3.35. The Hall–Kier alpha value is -1.09. The van der Waals surface area contributed by atoms with Gasteiger partial charge in [-0.15, -0.1) is 11.8 Å². The molecule has 2 heterocycles. The quantitative estimate of drug-likeness (QED) is 0.843. The van der Waals surface area contributed by atoms with E-state index in [4.69, 9.17) is 0 Å². The fourth-order valence-electron chi connectivity index (χ4n) is 3.06. The van der Waals surface area contributed by atoms with E-state index in [2.05, 4.69) is 5.32 Å². The van der Waals surface area contributed by atoms with Gasteiger partial charge < -0.3 is 4.90 Å². The van der Waals surface area contributed by atoms with Crippen molar-refractivity contribution in [1.29, 1.82) is 0 Å². The minimum Gasteiger partial charge on any atom is -0.339 e. The van der Waals surface area contributed by atoms with Crippen molar-refractivity contribution in [2.45, 2.75) is 18.7 Å². The summed E-state index contributed by atoms with van der Waals surface area (Å²) in [7, 11) is -3.35. The van der Waals surface area contributed by atoms with E-state index in [-0.39, 0.29) is 17.7 Å². The summed E-state index contributed by atoms with van der Waals surface area (Å²) in [5, 5.41) is 3.17. The maximum atomic E-state index is 12.6. The molecule has 0 aromatic heterocycles. The van der Waals surface area contributed by atoms with Crippen molar-refractivity contribution in [3.05, 3.63) is 35.4 Å². The predicted molar refractivity (Wildman–Crippen MR) is 96.2 cm³/mol. The van der Waals surface area contributed by atoms with Crippen LogP contribution < -0.4 is 5.32 Å². The second-order valence-corrected chi connectivity index (χ2v) is 9.24. The van der Waals surface area contributed by atoms with Crippen LogP contribution in [-0.2, 0) is 20.6 Å². The summed E-state index contributed by atoms with van der Waals surface area (Å²) in [4.78, 5) is 14.1. The lowest BCUT2D eigenvalue weighted by Gasteiger charge is -2.35. The van der Waals surface area contributed by atoms with E-state index in [0.717, 1.165) is 22.8 Å². The molecule has 1 aromatic carbocycles. The van der Waals surface area contributed by atoms with Crippen molar-refractivity contribution in [3.63, 3.8) is 0 Å². The van der Waals surface area contributed by atoms with Crippen LogP contribution in [0, 0.1) is 6.92 Å². The van der Waals surface area contributed by atoms with Gasteiger partial charge in [-0.3, -0.25) is 10.1 Å². The average Bonchev–Trinajstić information content (AvgIpc) is 3.08. The zero-order valence-electron chi connectivity index (χ0n) is 13.8. The molecule has 24 heavy (non-hydrogen) atoms. The molecular formula is C16H23N3O3S2. The van der Waals surface area contributed by atoms with E-state index >= 15 is 0 Å². The van der Waals surface area contributed by atoms with Crippen LogP contribution >= 0.6 is 11.8 Å². The number of nitrogens with zero attached hydrogens (tertiary/aromatic N) is 2. The first kappa shape index (κ1) is 17.7. The highest BCUT2D eigenvalue weighted by atomic mass is 32.2. The molecule has 0 aliphatic carbocycles. The average molecular weight is 370 g/mol. The van der Waals surface area contributed by atoms with Gasteiger partial charge in [0.05, 0.1) is 11.8 Å². The van der Waals surface area contributed by atoms with Gasteiger partial charge >= 0.3 is 0 Å². The predicted octanol–water partition coefficient (Wildman–Crippen LogP) is 0.632. The topological polar surface area (TPSA) is 69.7 Å². The molecule has 1 amide bonds. The molecule has 8 heteroatoms. The normalized spacial score (nSPS) is 22.7. The fourth-order valence-corrected chi connectivity index (χ4v) is 5.50. The number of carbonyl (C=O) groups excluding carboxylic acids is 1. The third-order valence-corrected chi connectivity index (χ3v) is 7.18. The number of rotatable bonds is 4. The molecule has 2 fully saturated rings. The highest BCUT2D eigenvalue weighted by molar-refractivity contribution is 7.99. The molecule has 1 N–H and O–H groups in total. The molecule has 1 unspecified atom stereocenters. The molecule has 2 aliphatic heterocycles. The first-order valence-electron chi connectivity index (χ1n) is 8.09. The highest BCUT2D eigenvalue weighted by Gasteiger charge is 2.32. The van der Waals surface area contributed by atoms with Gasteiger partial charge in [0.15, 0.2) is 0 Å². The fraction of sp³-hybridized carbons (Fsp3) is 0.562. The van der Waals surface area contributed by atoms with Crippen molar-refractivity contribution in [1.82, 2.24) is 14.5 Å². The second kappa shape index (κ2) is 7.43. The van der Waals surface area contributed by atoms with Gasteiger partial charge in [-0.05, 0) is 12.5 Å². The summed E-state index contributed by atoms with van der Waals surface area (Å²) in [5.41, 5.74) is 1.86. The Labute approximate surface area is 147 Å². The number of hydrogen-bond donors (Lipinski definition) is 1. The Morgan fingerprint density at radius 2 is 2.04 bits per heavy atom. The standard InChI is InChI=1S/C16H23N3O3S2/c1-13-3-2-4-14(9-13)11-24(21,22)19-7-5-18(6-8-19)16(20)15-10-23-12-17-15/h2-4,9,15,17H,5-8,10-12H2,1H3. The van der Waals surface area contributed by atoms with E-state index in [1.807, 2.05) is 31.2 Å². The molecule has 0 saturated carbocycles. The first-order valence-corrected chi connectivity index (χ1v) is 10.9. The zero-order valence-corrected chi connectivity index (χ0v) is 15.4. The SMILES string of the molecule is Cc1cccc(CS(=O)(=O)N2CCN(C(=O)C3CSCN3)CC2)c1. The minimum absolute atomic E-state index is 0.0173. The molecule has 0 radical (unpaired) electrons. The number of benzene rings is 1. The third kappa shape index (κ3) is 4.11. The van der Waals surface area contributed by atoms with Gasteiger partial charge in [0.2, 0.25) is 15.9 Å². The van der Waals surface area contributed by atoms with Crippen LogP contribution in [0.2, 0.25) is 0 Å². The summed E-state index contributed by atoms with van der Waals surface area (Å²) in [6, 6.07) is 7.46. The van der Waals surface area contributed by atoms with E-state index in [0.29, 0.717) is 26.2 Å². The van der Waals surface area contributed by atoms with Gasteiger partial charge in [0, 0.05) is 37.8 Å². The number of amides is 1. The summed E-state index contributed by atoms with van der Waals surface area (Å²) in [5.74, 6) is 1.71. The van der Waals surface area contributed by atoms with Gasteiger partial charge in [-0.25, -0.2) is 8.42 Å². The van der Waals surface area contributed by atoms with Crippen molar-refractivity contribution >= 4 is 27.7 Å². The molecule has 6 nitrogen and oxygen atoms in total. The Bertz CT molecular complexity index is 694. The zero-order chi connectivity index (χ0) is 17.2. The van der Waals surface area contributed by atoms with Crippen molar-refractivity contribution in [2.24, 2.45) is 0 Å². The van der Waals surface area contributed by atoms with Crippen LogP contribution in [0.5, 0.6) is 0 Å². The molecule has 1 aromatic rings. The van der Waals surface area contributed by atoms with Crippen molar-refractivity contribution < 1.29 is 13.2 Å². The van der Waals surface area contributed by atoms with Gasteiger partial charge in [0.25, 0.3) is 0 Å². The largest absolute Gasteiger partial charge is 0.339 e. The number of carbonyl (C=O) groups is 1. The van der Waals surface area contributed by atoms with Crippen molar-refractivity contribution in [2.75, 3.05) is 37.8 Å². The molecule has 1 atom stereocenters. The lowest BCUT2D eigenvalue weighted by atomic mass is 10.2. The molecular weight excluding hydrogens is 346 g/mol. The van der Waals surface area contributed by atoms with E-state index in [1.165, 1.54) is 4.31 Å². The Balaban J connectivity index is 1.58. The van der Waals surface area contributed by atoms with E-state index in [1.54, 1.807) is 16.7 Å². The molecule has 0 bridgehead atoms. The molecule has 132 valence electrons. The van der Waals surface area contributed by atoms with E-state index < -0.39 is 10.0 Å². The van der Waals surface area contributed by atoms with Crippen LogP contribution in [0.25, 0.3) is 0 Å². The van der Waals surface area contributed by atoms with Crippen LogP contribution in [-0.4, -0.2) is 67.4 Å². The third-order valence-electron chi connectivity index (χ3n) is 4.39. The second-order valence-electron chi connectivity index (χ2n) is 6.24. The Morgan fingerprint density at radius 3 is 2.67 bits per heavy atom. The van der Waals surface area contributed by atoms with Crippen LogP contribution in [0.3, 0.4) is 0 Å². The lowest BCUT2D eigenvalue weighted by Crippen LogP contribution is -2.54. The number of piperazine rings is 1. The first-order chi connectivity index (χ1) is 11.5. The summed E-state index contributed by atoms with van der Waals surface area (Å²) >= 11 is 1.72. The smallest absolute Gasteiger partial charge is 0.240 e. The summed E-state index contributed by atoms with van der Waals surface area (Å²) in [6.07, 6.45) is 0. The van der Waals surface area contributed by atoms with Gasteiger partial charge in [-0.2, -0.15) is 4.31 Å². The summed E-state index contributed by atoms with van der Waals surface area (Å²) in [6.45, 7) is 3.64. The number of aryl methyl sites for hydroxylation is 1. The van der Waals surface area contributed by atoms with E-state index in [9.17, 15) is 13.2 Å². The number of hydrogen-bond acceptors (Lipinski definition) is 5. The number of sulfonamides is 1. The molecule has 2 saturated heterocycles. The van der Waals surface area contributed by atoms with Crippen molar-refractivity contribution in [3.8, 4) is 0 Å². The monoisotopic (exact) mass is 369 g/mol. The summed E-state index contributed by atoms with van der Waals surface area (Å²) < 4.78 is 26.7. The van der Waals surface area contributed by atoms with Crippen LogP contribution in [0.4, 0.5) is 0 Å². The van der Waals surface area contributed by atoms with Crippen LogP contribution in [0.15, 0.2) is 24.3 Å². The maximum Gasteiger partial charge on any atom is 0.240 e.